The van der Waals surface area contributed by atoms with Gasteiger partial charge in [-0.25, -0.2) is 4.79 Å². The summed E-state index contributed by atoms with van der Waals surface area (Å²) in [7, 11) is 0. The molecule has 0 saturated heterocycles. The van der Waals surface area contributed by atoms with Crippen LogP contribution in [-0.2, 0) is 14.3 Å². The van der Waals surface area contributed by atoms with Crippen molar-refractivity contribution in [2.45, 2.75) is 133 Å². The van der Waals surface area contributed by atoms with E-state index in [4.69, 9.17) is 14.3 Å². The Bertz CT molecular complexity index is 1140. The molecule has 0 unspecified atom stereocenters. The standard InChI is InChI=1S/C32H46O8/c1-29-15-11-22(40-28(36)8-6-4-3-5-7-26(33)34)19-31(29,37)17-13-25-24(29)12-16-30(2)23(14-18-32(25,30)38)21-9-10-27(35)39-20-21/h9-10,20,22-25,37-38H,3-8,11-19H2,1-2H3,(H,33,34)/t22-,23+,24-,25-,29+,30+,31-,32-/m0/s1. The van der Waals surface area contributed by atoms with Crippen LogP contribution in [0.5, 0.6) is 0 Å². The van der Waals surface area contributed by atoms with Gasteiger partial charge in [-0.05, 0) is 99.0 Å². The monoisotopic (exact) mass is 558 g/mol. The van der Waals surface area contributed by atoms with Gasteiger partial charge in [0.15, 0.2) is 0 Å². The highest BCUT2D eigenvalue weighted by atomic mass is 16.5. The molecule has 1 heterocycles. The molecule has 4 aliphatic rings. The molecule has 8 atom stereocenters. The quantitative estimate of drug-likeness (QED) is 0.273. The van der Waals surface area contributed by atoms with Crippen molar-refractivity contribution >= 4 is 11.9 Å². The molecular weight excluding hydrogens is 512 g/mol. The van der Waals surface area contributed by atoms with Gasteiger partial charge in [-0.1, -0.05) is 26.7 Å². The van der Waals surface area contributed by atoms with Gasteiger partial charge in [0.1, 0.15) is 6.10 Å². The molecule has 0 radical (unpaired) electrons. The van der Waals surface area contributed by atoms with Crippen LogP contribution in [0.4, 0.5) is 0 Å². The molecule has 1 aromatic rings. The van der Waals surface area contributed by atoms with Crippen LogP contribution in [0.25, 0.3) is 0 Å². The summed E-state index contributed by atoms with van der Waals surface area (Å²) < 4.78 is 11.0. The molecule has 0 amide bonds. The predicted molar refractivity (Wildman–Crippen MR) is 148 cm³/mol. The summed E-state index contributed by atoms with van der Waals surface area (Å²) in [4.78, 5) is 34.7. The van der Waals surface area contributed by atoms with Gasteiger partial charge < -0.3 is 24.5 Å². The van der Waals surface area contributed by atoms with Crippen molar-refractivity contribution in [2.24, 2.45) is 22.7 Å². The maximum absolute atomic E-state index is 12.5. The second kappa shape index (κ2) is 10.9. The molecule has 1 aromatic heterocycles. The fourth-order valence-corrected chi connectivity index (χ4v) is 9.53. The molecule has 4 fully saturated rings. The van der Waals surface area contributed by atoms with Crippen LogP contribution in [0, 0.1) is 22.7 Å². The third-order valence-electron chi connectivity index (χ3n) is 11.9. The lowest BCUT2D eigenvalue weighted by atomic mass is 9.42. The average Bonchev–Trinajstić information content (AvgIpc) is 3.18. The number of rotatable bonds is 9. The number of ether oxygens (including phenoxy) is 1. The zero-order valence-corrected chi connectivity index (χ0v) is 24.0. The zero-order valence-electron chi connectivity index (χ0n) is 24.0. The number of hydrogen-bond donors (Lipinski definition) is 3. The van der Waals surface area contributed by atoms with Crippen molar-refractivity contribution in [2.75, 3.05) is 0 Å². The first-order chi connectivity index (χ1) is 18.9. The smallest absolute Gasteiger partial charge is 0.335 e. The van der Waals surface area contributed by atoms with Crippen molar-refractivity contribution in [3.8, 4) is 0 Å². The number of unbranched alkanes of at least 4 members (excludes halogenated alkanes) is 3. The van der Waals surface area contributed by atoms with E-state index in [0.29, 0.717) is 44.9 Å². The maximum atomic E-state index is 12.5. The fourth-order valence-electron chi connectivity index (χ4n) is 9.53. The number of esters is 1. The molecule has 0 spiro atoms. The molecule has 3 N–H and O–H groups in total. The Morgan fingerprint density at radius 3 is 2.30 bits per heavy atom. The Hall–Kier alpha value is -2.19. The third kappa shape index (κ3) is 4.93. The van der Waals surface area contributed by atoms with Gasteiger partial charge in [0.2, 0.25) is 0 Å². The Morgan fingerprint density at radius 1 is 0.900 bits per heavy atom. The summed E-state index contributed by atoms with van der Waals surface area (Å²) in [6, 6.07) is 3.32. The lowest BCUT2D eigenvalue weighted by Crippen LogP contribution is -2.67. The molecule has 8 heteroatoms. The molecule has 4 saturated carbocycles. The van der Waals surface area contributed by atoms with E-state index in [0.717, 1.165) is 50.5 Å². The van der Waals surface area contributed by atoms with Crippen LogP contribution < -0.4 is 5.63 Å². The summed E-state index contributed by atoms with van der Waals surface area (Å²) in [5.41, 5.74) is -1.82. The molecular formula is C32H46O8. The van der Waals surface area contributed by atoms with E-state index in [9.17, 15) is 24.6 Å². The normalized spacial score (nSPS) is 40.5. The van der Waals surface area contributed by atoms with Gasteiger partial charge in [-0.15, -0.1) is 0 Å². The first-order valence-corrected chi connectivity index (χ1v) is 15.4. The SMILES string of the molecule is C[C@]12CC[C@H](OC(=O)CCCCCCC(=O)O)C[C@@]1(O)CC[C@H]1[C@@H]2CC[C@]2(C)[C@@H](c3ccc(=O)oc3)CC[C@]12O. The minimum Gasteiger partial charge on any atom is -0.481 e. The van der Waals surface area contributed by atoms with Gasteiger partial charge in [-0.3, -0.25) is 9.59 Å². The number of fused-ring (bicyclic) bond motifs is 5. The van der Waals surface area contributed by atoms with Crippen molar-refractivity contribution in [3.05, 3.63) is 34.4 Å². The van der Waals surface area contributed by atoms with E-state index in [2.05, 4.69) is 13.8 Å². The van der Waals surface area contributed by atoms with E-state index in [1.54, 1.807) is 6.26 Å². The number of aliphatic hydroxyl groups is 2. The number of carbonyl (C=O) groups excluding carboxylic acids is 1. The molecule has 222 valence electrons. The largest absolute Gasteiger partial charge is 0.481 e. The maximum Gasteiger partial charge on any atom is 0.335 e. The summed E-state index contributed by atoms with van der Waals surface area (Å²) in [5, 5.41) is 33.2. The van der Waals surface area contributed by atoms with Crippen LogP contribution in [0.1, 0.15) is 122 Å². The number of hydrogen-bond acceptors (Lipinski definition) is 7. The highest BCUT2D eigenvalue weighted by molar-refractivity contribution is 5.69. The summed E-state index contributed by atoms with van der Waals surface area (Å²) in [6.45, 7) is 4.40. The third-order valence-corrected chi connectivity index (χ3v) is 11.9. The Kier molecular flexibility index (Phi) is 7.99. The Morgan fingerprint density at radius 2 is 1.60 bits per heavy atom. The predicted octanol–water partition coefficient (Wildman–Crippen LogP) is 5.33. The second-order valence-electron chi connectivity index (χ2n) is 13.7. The van der Waals surface area contributed by atoms with E-state index in [1.807, 2.05) is 6.07 Å². The van der Waals surface area contributed by atoms with Gasteiger partial charge in [0.25, 0.3) is 0 Å². The fraction of sp³-hybridized carbons (Fsp3) is 0.781. The van der Waals surface area contributed by atoms with Crippen LogP contribution in [-0.4, -0.2) is 44.6 Å². The minimum atomic E-state index is -0.931. The van der Waals surface area contributed by atoms with Crippen molar-refractivity contribution < 1.29 is 34.1 Å². The molecule has 40 heavy (non-hydrogen) atoms. The van der Waals surface area contributed by atoms with E-state index >= 15 is 0 Å². The van der Waals surface area contributed by atoms with Crippen molar-refractivity contribution in [1.29, 1.82) is 0 Å². The summed E-state index contributed by atoms with van der Waals surface area (Å²) >= 11 is 0. The number of carbonyl (C=O) groups is 2. The van der Waals surface area contributed by atoms with Crippen molar-refractivity contribution in [3.63, 3.8) is 0 Å². The topological polar surface area (TPSA) is 134 Å². The first kappa shape index (κ1) is 29.3. The van der Waals surface area contributed by atoms with Crippen molar-refractivity contribution in [1.82, 2.24) is 0 Å². The van der Waals surface area contributed by atoms with Gasteiger partial charge >= 0.3 is 17.6 Å². The summed E-state index contributed by atoms with van der Waals surface area (Å²) in [6.07, 6.45) is 11.3. The molecule has 0 aromatic carbocycles. The van der Waals surface area contributed by atoms with Gasteiger partial charge in [0, 0.05) is 30.7 Å². The Balaban J connectivity index is 1.22. The molecule has 0 aliphatic heterocycles. The second-order valence-corrected chi connectivity index (χ2v) is 13.7. The number of carboxylic acids is 1. The number of carboxylic acid groups (broad SMARTS) is 1. The van der Waals surface area contributed by atoms with Crippen LogP contribution in [0.15, 0.2) is 27.6 Å². The zero-order chi connectivity index (χ0) is 28.8. The lowest BCUT2D eigenvalue weighted by Gasteiger charge is -2.66. The van der Waals surface area contributed by atoms with E-state index < -0.39 is 17.2 Å². The highest BCUT2D eigenvalue weighted by Gasteiger charge is 2.70. The van der Waals surface area contributed by atoms with E-state index in [1.165, 1.54) is 6.07 Å². The minimum absolute atomic E-state index is 0.0949. The highest BCUT2D eigenvalue weighted by Crippen LogP contribution is 2.71. The first-order valence-electron chi connectivity index (χ1n) is 15.4. The van der Waals surface area contributed by atoms with E-state index in [-0.39, 0.29) is 52.7 Å². The van der Waals surface area contributed by atoms with Crippen LogP contribution in [0.2, 0.25) is 0 Å². The Labute approximate surface area is 236 Å². The molecule has 4 aliphatic carbocycles. The number of aliphatic carboxylic acids is 1. The summed E-state index contributed by atoms with van der Waals surface area (Å²) in [5.74, 6) is -0.607. The van der Waals surface area contributed by atoms with Crippen LogP contribution >= 0.6 is 0 Å². The van der Waals surface area contributed by atoms with Gasteiger partial charge in [-0.2, -0.15) is 0 Å². The van der Waals surface area contributed by atoms with Gasteiger partial charge in [0.05, 0.1) is 17.5 Å². The lowest BCUT2D eigenvalue weighted by molar-refractivity contribution is -0.255. The molecule has 8 nitrogen and oxygen atoms in total. The molecule has 5 rings (SSSR count). The average molecular weight is 559 g/mol. The molecule has 0 bridgehead atoms. The van der Waals surface area contributed by atoms with Crippen LogP contribution in [0.3, 0.4) is 0 Å².